The summed E-state index contributed by atoms with van der Waals surface area (Å²) in [4.78, 5) is 5.33. The van der Waals surface area contributed by atoms with Crippen molar-refractivity contribution < 1.29 is 27.0 Å². The van der Waals surface area contributed by atoms with Crippen molar-refractivity contribution in [1.29, 1.82) is 0 Å². The molecule has 0 radical (unpaired) electrons. The monoisotopic (exact) mass is 566 g/mol. The Labute approximate surface area is 229 Å². The fraction of sp³-hybridized carbons (Fsp3) is 0.259. The molecule has 202 valence electrons. The predicted molar refractivity (Wildman–Crippen MR) is 149 cm³/mol. The highest BCUT2D eigenvalue weighted by Crippen LogP contribution is 2.35. The number of furan rings is 1. The zero-order valence-corrected chi connectivity index (χ0v) is 23.2. The number of ether oxygens (including phenoxy) is 3. The zero-order valence-electron chi connectivity index (χ0n) is 21.6. The fourth-order valence-corrected chi connectivity index (χ4v) is 6.06. The number of aromatic nitrogens is 3. The summed E-state index contributed by atoms with van der Waals surface area (Å²) < 4.78 is 49.9. The topological polar surface area (TPSA) is 108 Å². The lowest BCUT2D eigenvalue weighted by Gasteiger charge is -2.24. The number of benzene rings is 2. The molecule has 0 atom stereocenters. The summed E-state index contributed by atoms with van der Waals surface area (Å²) in [6.45, 7) is 1.15. The highest BCUT2D eigenvalue weighted by molar-refractivity contribution is 7.88. The lowest BCUT2D eigenvalue weighted by atomic mass is 10.0. The van der Waals surface area contributed by atoms with Gasteiger partial charge in [-0.2, -0.15) is 4.31 Å². The first-order valence-corrected chi connectivity index (χ1v) is 14.9. The van der Waals surface area contributed by atoms with Crippen LogP contribution >= 0.6 is 11.3 Å². The van der Waals surface area contributed by atoms with Crippen molar-refractivity contribution in [3.8, 4) is 28.1 Å². The maximum atomic E-state index is 11.8. The first-order chi connectivity index (χ1) is 18.8. The number of sulfonamides is 1. The second-order valence-corrected chi connectivity index (χ2v) is 12.1. The van der Waals surface area contributed by atoms with Gasteiger partial charge in [0.1, 0.15) is 29.4 Å². The van der Waals surface area contributed by atoms with Gasteiger partial charge in [0.05, 0.1) is 26.7 Å². The summed E-state index contributed by atoms with van der Waals surface area (Å²) in [5.41, 5.74) is 4.37. The Morgan fingerprint density at radius 3 is 2.69 bits per heavy atom. The van der Waals surface area contributed by atoms with Crippen LogP contribution < -0.4 is 14.2 Å². The van der Waals surface area contributed by atoms with E-state index in [-0.39, 0.29) is 0 Å². The summed E-state index contributed by atoms with van der Waals surface area (Å²) in [6, 6.07) is 13.6. The molecule has 0 spiro atoms. The van der Waals surface area contributed by atoms with Gasteiger partial charge in [0.15, 0.2) is 5.76 Å². The highest BCUT2D eigenvalue weighted by atomic mass is 32.2. The van der Waals surface area contributed by atoms with Gasteiger partial charge in [0.2, 0.25) is 15.0 Å². The summed E-state index contributed by atoms with van der Waals surface area (Å²) in [7, 11) is -0.0000186. The van der Waals surface area contributed by atoms with Crippen molar-refractivity contribution in [3.05, 3.63) is 65.9 Å². The van der Waals surface area contributed by atoms with Crippen LogP contribution in [0.3, 0.4) is 0 Å². The molecule has 0 saturated heterocycles. The first kappa shape index (κ1) is 25.4. The van der Waals surface area contributed by atoms with Crippen molar-refractivity contribution in [3.63, 3.8) is 0 Å². The van der Waals surface area contributed by atoms with E-state index in [1.807, 2.05) is 48.5 Å². The van der Waals surface area contributed by atoms with Crippen LogP contribution in [0.1, 0.15) is 17.5 Å². The van der Waals surface area contributed by atoms with Gasteiger partial charge in [-0.15, -0.1) is 5.10 Å². The molecule has 2 aromatic carbocycles. The SMILES string of the molecule is COc1cc(COc2cccc(C3=CCN(S(C)(=O)=O)CC3)c2)c2cc(-c3cn4nc(OC)sc4n3)oc2c1. The second-order valence-electron chi connectivity index (χ2n) is 9.15. The van der Waals surface area contributed by atoms with Gasteiger partial charge in [-0.3, -0.25) is 0 Å². The van der Waals surface area contributed by atoms with Gasteiger partial charge in [-0.05, 0) is 53.2 Å². The number of fused-ring (bicyclic) bond motifs is 2. The molecule has 1 aliphatic rings. The Morgan fingerprint density at radius 1 is 1.10 bits per heavy atom. The summed E-state index contributed by atoms with van der Waals surface area (Å²) >= 11 is 1.35. The Hall–Kier alpha value is -3.87. The lowest BCUT2D eigenvalue weighted by Crippen LogP contribution is -2.33. The second kappa shape index (κ2) is 10.0. The molecule has 12 heteroatoms. The minimum Gasteiger partial charge on any atom is -0.497 e. The molecule has 4 heterocycles. The fourth-order valence-electron chi connectivity index (χ4n) is 4.59. The molecule has 0 fully saturated rings. The Balaban J connectivity index is 1.25. The van der Waals surface area contributed by atoms with Gasteiger partial charge in [-0.25, -0.2) is 17.9 Å². The van der Waals surface area contributed by atoms with Crippen LogP contribution in [0.15, 0.2) is 59.2 Å². The molecule has 0 saturated carbocycles. The van der Waals surface area contributed by atoms with Crippen molar-refractivity contribution in [2.24, 2.45) is 0 Å². The number of hydrogen-bond acceptors (Lipinski definition) is 9. The minimum atomic E-state index is -3.19. The van der Waals surface area contributed by atoms with E-state index in [1.165, 1.54) is 21.9 Å². The molecule has 6 rings (SSSR count). The maximum absolute atomic E-state index is 11.8. The van der Waals surface area contributed by atoms with Gasteiger partial charge >= 0.3 is 0 Å². The average molecular weight is 567 g/mol. The number of nitrogens with zero attached hydrogens (tertiary/aromatic N) is 4. The number of imidazole rings is 1. The van der Waals surface area contributed by atoms with Crippen LogP contribution in [0.5, 0.6) is 16.7 Å². The molecule has 0 aliphatic carbocycles. The van der Waals surface area contributed by atoms with Crippen LogP contribution in [0.2, 0.25) is 0 Å². The largest absolute Gasteiger partial charge is 0.497 e. The molecule has 39 heavy (non-hydrogen) atoms. The third-order valence-electron chi connectivity index (χ3n) is 6.62. The van der Waals surface area contributed by atoms with Crippen LogP contribution in [0.4, 0.5) is 0 Å². The predicted octanol–water partition coefficient (Wildman–Crippen LogP) is 4.85. The van der Waals surface area contributed by atoms with Crippen LogP contribution in [0, 0.1) is 0 Å². The Morgan fingerprint density at radius 2 is 1.97 bits per heavy atom. The summed E-state index contributed by atoms with van der Waals surface area (Å²) in [5, 5.41) is 5.77. The first-order valence-electron chi connectivity index (χ1n) is 12.2. The molecule has 0 amide bonds. The molecule has 10 nitrogen and oxygen atoms in total. The third kappa shape index (κ3) is 5.10. The number of methoxy groups -OCH3 is 2. The van der Waals surface area contributed by atoms with Crippen molar-refractivity contribution in [1.82, 2.24) is 18.9 Å². The molecular formula is C27H26N4O6S2. The van der Waals surface area contributed by atoms with E-state index >= 15 is 0 Å². The van der Waals surface area contributed by atoms with E-state index in [2.05, 4.69) is 10.1 Å². The van der Waals surface area contributed by atoms with E-state index < -0.39 is 10.0 Å². The van der Waals surface area contributed by atoms with E-state index in [0.29, 0.717) is 64.8 Å². The van der Waals surface area contributed by atoms with E-state index in [9.17, 15) is 8.42 Å². The number of rotatable bonds is 8. The van der Waals surface area contributed by atoms with Crippen molar-refractivity contribution in [2.75, 3.05) is 33.6 Å². The maximum Gasteiger partial charge on any atom is 0.294 e. The van der Waals surface area contributed by atoms with Crippen LogP contribution in [0.25, 0.3) is 33.0 Å². The van der Waals surface area contributed by atoms with Gasteiger partial charge in [0.25, 0.3) is 5.19 Å². The molecule has 0 N–H and O–H groups in total. The van der Waals surface area contributed by atoms with Crippen LogP contribution in [-0.4, -0.2) is 60.9 Å². The quantitative estimate of drug-likeness (QED) is 0.262. The van der Waals surface area contributed by atoms with E-state index in [0.717, 1.165) is 22.1 Å². The van der Waals surface area contributed by atoms with Gasteiger partial charge in [0, 0.05) is 30.1 Å². The minimum absolute atomic E-state index is 0.300. The molecule has 0 bridgehead atoms. The standard InChI is InChI=1S/C27H26N4O6S2/c1-34-21-12-19(16-36-20-6-4-5-18(11-20)17-7-9-30(10-8-17)39(3,32)33)22-14-25(37-24(22)13-21)23-15-31-26(28-23)38-27(29-31)35-2/h4-7,11-15H,8-10,16H2,1-3H3. The van der Waals surface area contributed by atoms with E-state index in [4.69, 9.17) is 18.6 Å². The zero-order chi connectivity index (χ0) is 27.1. The molecule has 1 aliphatic heterocycles. The Kier molecular flexibility index (Phi) is 6.53. The smallest absolute Gasteiger partial charge is 0.294 e. The molecular weight excluding hydrogens is 540 g/mol. The molecule has 5 aromatic rings. The van der Waals surface area contributed by atoms with Crippen LogP contribution in [-0.2, 0) is 16.6 Å². The summed E-state index contributed by atoms with van der Waals surface area (Å²) in [6.07, 6.45) is 5.66. The molecule has 0 unspecified atom stereocenters. The average Bonchev–Trinajstić information content (AvgIpc) is 3.64. The van der Waals surface area contributed by atoms with Gasteiger partial charge in [-0.1, -0.05) is 18.2 Å². The number of hydrogen-bond donors (Lipinski definition) is 0. The van der Waals surface area contributed by atoms with Crippen molar-refractivity contribution in [2.45, 2.75) is 13.0 Å². The normalized spacial score (nSPS) is 14.6. The van der Waals surface area contributed by atoms with E-state index in [1.54, 1.807) is 24.9 Å². The van der Waals surface area contributed by atoms with Gasteiger partial charge < -0.3 is 18.6 Å². The van der Waals surface area contributed by atoms with Crippen molar-refractivity contribution >= 4 is 42.9 Å². The highest BCUT2D eigenvalue weighted by Gasteiger charge is 2.21. The third-order valence-corrected chi connectivity index (χ3v) is 8.78. The lowest BCUT2D eigenvalue weighted by molar-refractivity contribution is 0.306. The summed E-state index contributed by atoms with van der Waals surface area (Å²) in [5.74, 6) is 1.99. The Bertz CT molecular complexity index is 1790. The molecule has 3 aromatic heterocycles.